The standard InChI is InChI=1S/C26H29N5O3S2/c1-18(2)20-8-10-22(11-9-20)36(33,34)30-14-12-29(13-15-30)17-21-16-24(32)31-26(27-21)35-25(28-31)23-7-5-4-6-19(23)3/h4-11,16,18H,12-15,17H2,1-3H3. The van der Waals surface area contributed by atoms with Crippen LogP contribution >= 0.6 is 11.3 Å². The van der Waals surface area contributed by atoms with Crippen LogP contribution in [0.1, 0.15) is 36.6 Å². The average molecular weight is 524 g/mol. The molecule has 1 aliphatic rings. The van der Waals surface area contributed by atoms with Gasteiger partial charge in [-0.2, -0.15) is 13.9 Å². The number of aryl methyl sites for hydroxylation is 1. The Bertz CT molecular complexity index is 1550. The number of fused-ring (bicyclic) bond motifs is 1. The third kappa shape index (κ3) is 4.86. The molecule has 4 aromatic rings. The van der Waals surface area contributed by atoms with Crippen LogP contribution in [-0.2, 0) is 16.6 Å². The number of sulfonamides is 1. The predicted molar refractivity (Wildman–Crippen MR) is 142 cm³/mol. The van der Waals surface area contributed by atoms with Gasteiger partial charge in [0.15, 0.2) is 0 Å². The van der Waals surface area contributed by atoms with Crippen molar-refractivity contribution < 1.29 is 8.42 Å². The van der Waals surface area contributed by atoms with Gasteiger partial charge < -0.3 is 0 Å². The Balaban J connectivity index is 1.28. The molecule has 0 saturated carbocycles. The zero-order valence-corrected chi connectivity index (χ0v) is 22.2. The average Bonchev–Trinajstić information content (AvgIpc) is 3.29. The van der Waals surface area contributed by atoms with Crippen molar-refractivity contribution in [3.8, 4) is 10.6 Å². The van der Waals surface area contributed by atoms with Crippen LogP contribution in [0.25, 0.3) is 15.5 Å². The molecule has 1 aliphatic heterocycles. The number of nitrogens with zero attached hydrogens (tertiary/aromatic N) is 5. The van der Waals surface area contributed by atoms with Crippen LogP contribution in [0.3, 0.4) is 0 Å². The van der Waals surface area contributed by atoms with Crippen molar-refractivity contribution >= 4 is 26.3 Å². The second kappa shape index (κ2) is 9.85. The molecular weight excluding hydrogens is 494 g/mol. The Morgan fingerprint density at radius 3 is 2.36 bits per heavy atom. The molecular formula is C26H29N5O3S2. The lowest BCUT2D eigenvalue weighted by molar-refractivity contribution is 0.180. The van der Waals surface area contributed by atoms with E-state index in [0.29, 0.717) is 54.2 Å². The fourth-order valence-electron chi connectivity index (χ4n) is 4.39. The highest BCUT2D eigenvalue weighted by Gasteiger charge is 2.28. The van der Waals surface area contributed by atoms with E-state index in [1.54, 1.807) is 12.1 Å². The smallest absolute Gasteiger partial charge is 0.275 e. The summed E-state index contributed by atoms with van der Waals surface area (Å²) >= 11 is 1.39. The maximum Gasteiger partial charge on any atom is 0.275 e. The summed E-state index contributed by atoms with van der Waals surface area (Å²) in [5.41, 5.74) is 3.66. The van der Waals surface area contributed by atoms with Gasteiger partial charge in [-0.05, 0) is 36.1 Å². The number of benzene rings is 2. The van der Waals surface area contributed by atoms with Gasteiger partial charge in [0.2, 0.25) is 15.0 Å². The molecule has 188 valence electrons. The quantitative estimate of drug-likeness (QED) is 0.383. The molecule has 0 amide bonds. The SMILES string of the molecule is Cc1ccccc1-c1nn2c(=O)cc(CN3CCN(S(=O)(=O)c4ccc(C(C)C)cc4)CC3)nc2s1. The number of rotatable bonds is 6. The van der Waals surface area contributed by atoms with Crippen LogP contribution in [0, 0.1) is 6.92 Å². The maximum atomic E-state index is 13.1. The second-order valence-corrected chi connectivity index (χ2v) is 12.3. The van der Waals surface area contributed by atoms with Gasteiger partial charge in [-0.25, -0.2) is 13.4 Å². The van der Waals surface area contributed by atoms with Gasteiger partial charge in [-0.1, -0.05) is 61.6 Å². The Morgan fingerprint density at radius 2 is 1.69 bits per heavy atom. The molecule has 2 aromatic heterocycles. The first-order valence-electron chi connectivity index (χ1n) is 12.0. The molecule has 0 spiro atoms. The Kier molecular flexibility index (Phi) is 6.78. The van der Waals surface area contributed by atoms with Crippen LogP contribution in [0.2, 0.25) is 0 Å². The minimum atomic E-state index is -3.53. The van der Waals surface area contributed by atoms with Crippen molar-refractivity contribution in [2.75, 3.05) is 26.2 Å². The lowest BCUT2D eigenvalue weighted by atomic mass is 10.0. The first-order valence-corrected chi connectivity index (χ1v) is 14.3. The molecule has 0 unspecified atom stereocenters. The molecule has 0 radical (unpaired) electrons. The maximum absolute atomic E-state index is 13.1. The predicted octanol–water partition coefficient (Wildman–Crippen LogP) is 3.76. The van der Waals surface area contributed by atoms with E-state index >= 15 is 0 Å². The van der Waals surface area contributed by atoms with E-state index in [1.165, 1.54) is 26.2 Å². The van der Waals surface area contributed by atoms with E-state index in [-0.39, 0.29) is 5.56 Å². The van der Waals surface area contributed by atoms with Crippen molar-refractivity contribution in [2.24, 2.45) is 0 Å². The summed E-state index contributed by atoms with van der Waals surface area (Å²) in [4.78, 5) is 20.4. The van der Waals surface area contributed by atoms with Crippen LogP contribution in [0.5, 0.6) is 0 Å². The number of piperazine rings is 1. The highest BCUT2D eigenvalue weighted by atomic mass is 32.2. The van der Waals surface area contributed by atoms with Gasteiger partial charge in [-0.3, -0.25) is 9.69 Å². The number of aromatic nitrogens is 3. The second-order valence-electron chi connectivity index (χ2n) is 9.41. The van der Waals surface area contributed by atoms with Gasteiger partial charge in [0, 0.05) is 44.4 Å². The first-order chi connectivity index (χ1) is 17.2. The van der Waals surface area contributed by atoms with Gasteiger partial charge >= 0.3 is 0 Å². The van der Waals surface area contributed by atoms with E-state index in [2.05, 4.69) is 28.8 Å². The molecule has 0 N–H and O–H groups in total. The number of hydrogen-bond donors (Lipinski definition) is 0. The molecule has 3 heterocycles. The molecule has 1 fully saturated rings. The summed E-state index contributed by atoms with van der Waals surface area (Å²) in [5, 5.41) is 5.24. The fourth-order valence-corrected chi connectivity index (χ4v) is 6.83. The Hall–Kier alpha value is -2.92. The van der Waals surface area contributed by atoms with Crippen LogP contribution < -0.4 is 5.56 Å². The normalized spacial score (nSPS) is 15.7. The minimum absolute atomic E-state index is 0.211. The molecule has 0 atom stereocenters. The summed E-state index contributed by atoms with van der Waals surface area (Å²) in [5.74, 6) is 0.352. The van der Waals surface area contributed by atoms with Crippen molar-refractivity contribution in [3.63, 3.8) is 0 Å². The van der Waals surface area contributed by atoms with Crippen molar-refractivity contribution in [2.45, 2.75) is 38.1 Å². The molecule has 8 nitrogen and oxygen atoms in total. The molecule has 0 bridgehead atoms. The van der Waals surface area contributed by atoms with Crippen LogP contribution in [0.15, 0.2) is 64.3 Å². The van der Waals surface area contributed by atoms with E-state index < -0.39 is 10.0 Å². The van der Waals surface area contributed by atoms with E-state index in [0.717, 1.165) is 21.7 Å². The topological polar surface area (TPSA) is 87.9 Å². The summed E-state index contributed by atoms with van der Waals surface area (Å²) < 4.78 is 29.1. The molecule has 0 aliphatic carbocycles. The summed E-state index contributed by atoms with van der Waals surface area (Å²) in [6, 6.07) is 16.6. The molecule has 5 rings (SSSR count). The van der Waals surface area contributed by atoms with E-state index in [9.17, 15) is 13.2 Å². The third-order valence-electron chi connectivity index (χ3n) is 6.57. The highest BCUT2D eigenvalue weighted by Crippen LogP contribution is 2.27. The van der Waals surface area contributed by atoms with Crippen molar-refractivity contribution in [1.82, 2.24) is 23.8 Å². The van der Waals surface area contributed by atoms with Gasteiger partial charge in [-0.15, -0.1) is 0 Å². The first kappa shape index (κ1) is 24.8. The van der Waals surface area contributed by atoms with Crippen molar-refractivity contribution in [3.05, 3.63) is 81.8 Å². The van der Waals surface area contributed by atoms with Gasteiger partial charge in [0.05, 0.1) is 10.6 Å². The van der Waals surface area contributed by atoms with Crippen molar-refractivity contribution in [1.29, 1.82) is 0 Å². The Morgan fingerprint density at radius 1 is 1.00 bits per heavy atom. The summed E-state index contributed by atoms with van der Waals surface area (Å²) in [6.45, 7) is 8.61. The lowest BCUT2D eigenvalue weighted by Crippen LogP contribution is -2.48. The van der Waals surface area contributed by atoms with Crippen LogP contribution in [0.4, 0.5) is 0 Å². The summed E-state index contributed by atoms with van der Waals surface area (Å²) in [7, 11) is -3.53. The largest absolute Gasteiger partial charge is 0.295 e. The van der Waals surface area contributed by atoms with Crippen LogP contribution in [-0.4, -0.2) is 58.4 Å². The Labute approximate surface area is 214 Å². The zero-order valence-electron chi connectivity index (χ0n) is 20.6. The third-order valence-corrected chi connectivity index (χ3v) is 9.43. The van der Waals surface area contributed by atoms with E-state index in [4.69, 9.17) is 0 Å². The monoisotopic (exact) mass is 523 g/mol. The summed E-state index contributed by atoms with van der Waals surface area (Å²) in [6.07, 6.45) is 0. The number of hydrogen-bond acceptors (Lipinski definition) is 7. The lowest BCUT2D eigenvalue weighted by Gasteiger charge is -2.33. The minimum Gasteiger partial charge on any atom is -0.295 e. The molecule has 2 aromatic carbocycles. The van der Waals surface area contributed by atoms with Gasteiger partial charge in [0.25, 0.3) is 5.56 Å². The van der Waals surface area contributed by atoms with Gasteiger partial charge in [0.1, 0.15) is 5.01 Å². The fraction of sp³-hybridized carbons (Fsp3) is 0.346. The molecule has 10 heteroatoms. The highest BCUT2D eigenvalue weighted by molar-refractivity contribution is 7.89. The zero-order chi connectivity index (χ0) is 25.4. The molecule has 1 saturated heterocycles. The van der Waals surface area contributed by atoms with E-state index in [1.807, 2.05) is 43.3 Å². The molecule has 36 heavy (non-hydrogen) atoms.